The van der Waals surface area contributed by atoms with Gasteiger partial charge >= 0.3 is 30.3 Å². The van der Waals surface area contributed by atoms with Gasteiger partial charge in [0.1, 0.15) is 23.9 Å². The molecule has 3 rings (SSSR count). The lowest BCUT2D eigenvalue weighted by Crippen LogP contribution is -2.43. The molecule has 3 aromatic rings. The van der Waals surface area contributed by atoms with Crippen LogP contribution in [0, 0.1) is 18.3 Å². The maximum Gasteiger partial charge on any atom is 0.490 e. The van der Waals surface area contributed by atoms with Gasteiger partial charge in [-0.25, -0.2) is 19.4 Å². The number of carbonyl (C=O) groups excluding carboxylic acids is 2. The highest BCUT2D eigenvalue weighted by molar-refractivity contribution is 6.31. The first-order chi connectivity index (χ1) is 23.2. The molecule has 0 atom stereocenters. The number of halogens is 7. The molecule has 50 heavy (non-hydrogen) atoms. The molecule has 20 heteroatoms. The van der Waals surface area contributed by atoms with E-state index in [1.54, 1.807) is 18.2 Å². The Bertz CT molecular complexity index is 1680. The van der Waals surface area contributed by atoms with Crippen LogP contribution in [0.2, 0.25) is 5.02 Å². The first-order valence-corrected chi connectivity index (χ1v) is 14.4. The first kappa shape index (κ1) is 42.7. The van der Waals surface area contributed by atoms with Crippen molar-refractivity contribution in [3.8, 4) is 11.8 Å². The van der Waals surface area contributed by atoms with Crippen molar-refractivity contribution in [3.63, 3.8) is 0 Å². The number of benzene rings is 2. The van der Waals surface area contributed by atoms with Gasteiger partial charge in [0.15, 0.2) is 0 Å². The van der Waals surface area contributed by atoms with Gasteiger partial charge < -0.3 is 36.2 Å². The fourth-order valence-electron chi connectivity index (χ4n) is 3.58. The van der Waals surface area contributed by atoms with E-state index in [0.717, 1.165) is 23.9 Å². The summed E-state index contributed by atoms with van der Waals surface area (Å²) in [5, 5.41) is 30.6. The topological polar surface area (TPSA) is 208 Å². The number of carboxylic acid groups (broad SMARTS) is 2. The van der Waals surface area contributed by atoms with Gasteiger partial charge in [-0.15, -0.1) is 0 Å². The summed E-state index contributed by atoms with van der Waals surface area (Å²) in [4.78, 5) is 48.3. The van der Waals surface area contributed by atoms with Gasteiger partial charge in [-0.05, 0) is 50.6 Å². The van der Waals surface area contributed by atoms with E-state index < -0.39 is 36.2 Å². The number of anilines is 1. The predicted molar refractivity (Wildman–Crippen MR) is 167 cm³/mol. The molecule has 272 valence electrons. The highest BCUT2D eigenvalue weighted by Gasteiger charge is 2.38. The predicted octanol–water partition coefficient (Wildman–Crippen LogP) is 4.91. The van der Waals surface area contributed by atoms with Gasteiger partial charge in [0.2, 0.25) is 5.91 Å². The number of nitrogens with zero attached hydrogens (tertiary/aromatic N) is 3. The number of hydrogen-bond acceptors (Lipinski definition) is 8. The molecule has 1 heterocycles. The van der Waals surface area contributed by atoms with Crippen LogP contribution in [0.5, 0.6) is 5.75 Å². The number of likely N-dealkylation sites (N-methyl/N-ethyl adjacent to an activating group) is 1. The lowest BCUT2D eigenvalue weighted by Gasteiger charge is -2.21. The van der Waals surface area contributed by atoms with Crippen molar-refractivity contribution in [1.82, 2.24) is 15.6 Å². The summed E-state index contributed by atoms with van der Waals surface area (Å²) in [6, 6.07) is 14.4. The van der Waals surface area contributed by atoms with E-state index in [0.29, 0.717) is 40.6 Å². The Morgan fingerprint density at radius 1 is 0.980 bits per heavy atom. The number of para-hydroxylation sites is 1. The zero-order valence-corrected chi connectivity index (χ0v) is 27.0. The molecule has 0 spiro atoms. The number of fused-ring (bicyclic) bond motifs is 1. The molecule has 0 saturated carbocycles. The number of ether oxygens (including phenoxy) is 1. The van der Waals surface area contributed by atoms with E-state index in [1.807, 2.05) is 31.2 Å². The quantitative estimate of drug-likeness (QED) is 0.140. The average molecular weight is 737 g/mol. The van der Waals surface area contributed by atoms with Crippen molar-refractivity contribution >= 4 is 52.1 Å². The van der Waals surface area contributed by atoms with E-state index in [2.05, 4.69) is 21.7 Å². The number of nitrogens with two attached hydrogens (primary N) is 1. The second kappa shape index (κ2) is 19.6. The van der Waals surface area contributed by atoms with Crippen LogP contribution >= 0.6 is 11.6 Å². The fourth-order valence-corrected chi connectivity index (χ4v) is 3.79. The smallest absolute Gasteiger partial charge is 0.487 e. The minimum Gasteiger partial charge on any atom is -0.487 e. The first-order valence-electron chi connectivity index (χ1n) is 14.0. The summed E-state index contributed by atoms with van der Waals surface area (Å²) >= 11 is 6.42. The van der Waals surface area contributed by atoms with E-state index in [4.69, 9.17) is 41.9 Å². The molecule has 1 aromatic heterocycles. The Balaban J connectivity index is 0.000000748. The Morgan fingerprint density at radius 3 is 2.12 bits per heavy atom. The van der Waals surface area contributed by atoms with Crippen LogP contribution < -0.4 is 26.0 Å². The van der Waals surface area contributed by atoms with Crippen LogP contribution in [0.25, 0.3) is 10.9 Å². The van der Waals surface area contributed by atoms with Crippen molar-refractivity contribution in [2.75, 3.05) is 31.6 Å². The third-order valence-electron chi connectivity index (χ3n) is 6.08. The zero-order valence-electron chi connectivity index (χ0n) is 26.3. The van der Waals surface area contributed by atoms with Crippen molar-refractivity contribution in [2.24, 2.45) is 5.73 Å². The maximum atomic E-state index is 12.7. The number of alkyl halides is 6. The van der Waals surface area contributed by atoms with Gasteiger partial charge in [-0.2, -0.15) is 31.6 Å². The number of carbonyl (C=O) groups is 4. The number of amides is 3. The molecule has 0 saturated heterocycles. The summed E-state index contributed by atoms with van der Waals surface area (Å²) in [5.41, 5.74) is 8.03. The molecule has 0 aliphatic carbocycles. The van der Waals surface area contributed by atoms with Gasteiger partial charge in [0.25, 0.3) is 0 Å². The summed E-state index contributed by atoms with van der Waals surface area (Å²) in [6.07, 6.45) is -8.61. The van der Waals surface area contributed by atoms with Crippen molar-refractivity contribution in [2.45, 2.75) is 38.7 Å². The number of aliphatic carboxylic acids is 2. The van der Waals surface area contributed by atoms with Crippen LogP contribution in [-0.2, 0) is 21.0 Å². The molecular formula is C30H31ClF6N6O7. The van der Waals surface area contributed by atoms with E-state index in [-0.39, 0.29) is 18.7 Å². The highest BCUT2D eigenvalue weighted by Crippen LogP contribution is 2.31. The molecule has 0 radical (unpaired) electrons. The number of aromatic nitrogens is 1. The van der Waals surface area contributed by atoms with Crippen LogP contribution in [0.1, 0.15) is 29.7 Å². The van der Waals surface area contributed by atoms with Gasteiger partial charge in [0, 0.05) is 35.3 Å². The second-order valence-corrected chi connectivity index (χ2v) is 10.2. The van der Waals surface area contributed by atoms with Crippen LogP contribution in [0.3, 0.4) is 0 Å². The number of nitriles is 1. The van der Waals surface area contributed by atoms with E-state index in [1.165, 1.54) is 11.9 Å². The summed E-state index contributed by atoms with van der Waals surface area (Å²) in [6.45, 7) is 2.70. The summed E-state index contributed by atoms with van der Waals surface area (Å²) < 4.78 is 69.5. The Morgan fingerprint density at radius 2 is 1.58 bits per heavy atom. The van der Waals surface area contributed by atoms with Crippen LogP contribution in [-0.4, -0.2) is 78.1 Å². The minimum atomic E-state index is -5.08. The Kier molecular flexibility index (Phi) is 16.7. The molecule has 0 fully saturated rings. The van der Waals surface area contributed by atoms with Gasteiger partial charge in [-0.3, -0.25) is 4.79 Å². The number of rotatable bonds is 10. The monoisotopic (exact) mass is 736 g/mol. The third-order valence-corrected chi connectivity index (χ3v) is 6.43. The van der Waals surface area contributed by atoms with E-state index >= 15 is 0 Å². The molecule has 0 bridgehead atoms. The SMILES string of the molecule is Cc1ccc2cccc(OCc3c(Cl)ccc(N(C)C(=O)CNC(=O)NCCCCN)c3C#N)c2n1.O=C(O)C(F)(F)F.O=C(O)C(F)(F)F. The molecule has 2 aromatic carbocycles. The molecule has 3 amide bonds. The lowest BCUT2D eigenvalue weighted by molar-refractivity contribution is -0.193. The number of urea groups is 1. The van der Waals surface area contributed by atoms with Crippen molar-refractivity contribution in [1.29, 1.82) is 5.26 Å². The van der Waals surface area contributed by atoms with E-state index in [9.17, 15) is 41.2 Å². The third kappa shape index (κ3) is 14.0. The molecule has 0 unspecified atom stereocenters. The molecule has 0 aliphatic heterocycles. The average Bonchev–Trinajstić information content (AvgIpc) is 3.04. The molecule has 13 nitrogen and oxygen atoms in total. The molecule has 0 aliphatic rings. The highest BCUT2D eigenvalue weighted by atomic mass is 35.5. The maximum absolute atomic E-state index is 12.7. The number of pyridine rings is 1. The largest absolute Gasteiger partial charge is 0.490 e. The Labute approximate surface area is 285 Å². The number of nitrogens with one attached hydrogen (secondary N) is 2. The zero-order chi connectivity index (χ0) is 38.2. The second-order valence-electron chi connectivity index (χ2n) is 9.76. The molecular weight excluding hydrogens is 706 g/mol. The Hall–Kier alpha value is -5.35. The number of aryl methyl sites for hydroxylation is 1. The van der Waals surface area contributed by atoms with Gasteiger partial charge in [-0.1, -0.05) is 29.8 Å². The standard InChI is InChI=1S/C26H29ClN6O3.2C2HF3O2/c1-17-8-9-18-6-5-7-23(25(18)32-17)36-16-20-19(14-29)22(11-10-21(20)27)33(2)24(34)15-31-26(35)30-13-4-3-12-28;2*3-2(4,5)1(6)7/h5-11H,3-4,12-13,15-16,28H2,1-2H3,(H2,30,31,35);2*(H,6,7). The van der Waals surface area contributed by atoms with Crippen molar-refractivity contribution in [3.05, 3.63) is 64.3 Å². The number of unbranched alkanes of at least 4 members (excludes halogenated alkanes) is 1. The van der Waals surface area contributed by atoms with Crippen LogP contribution in [0.15, 0.2) is 42.5 Å². The number of hydrogen-bond donors (Lipinski definition) is 5. The number of carboxylic acids is 2. The minimum absolute atomic E-state index is 0.00971. The summed E-state index contributed by atoms with van der Waals surface area (Å²) in [5.74, 6) is -5.35. The normalized spacial score (nSPS) is 10.7. The van der Waals surface area contributed by atoms with Crippen LogP contribution in [0.4, 0.5) is 36.8 Å². The van der Waals surface area contributed by atoms with Gasteiger partial charge in [0.05, 0.1) is 17.8 Å². The fraction of sp³-hybridized carbons (Fsp3) is 0.333. The summed E-state index contributed by atoms with van der Waals surface area (Å²) in [7, 11) is 1.54. The molecule has 6 N–H and O–H groups in total. The lowest BCUT2D eigenvalue weighted by atomic mass is 10.1. The van der Waals surface area contributed by atoms with Crippen molar-refractivity contribution < 1.29 is 60.5 Å².